The Bertz CT molecular complexity index is 796. The molecule has 0 amide bonds. The van der Waals surface area contributed by atoms with Gasteiger partial charge in [0.2, 0.25) is 5.89 Å². The summed E-state index contributed by atoms with van der Waals surface area (Å²) in [5, 5.41) is 14.1. The van der Waals surface area contributed by atoms with Crippen molar-refractivity contribution in [3.63, 3.8) is 0 Å². The van der Waals surface area contributed by atoms with Crippen molar-refractivity contribution >= 4 is 0 Å². The molecule has 0 fully saturated rings. The largest absolute Gasteiger partial charge is 0.491 e. The SMILES string of the molecule is O=c1oc(-c2ccccc2)nn1C[C@@H](O)COc1ccccc1. The molecular weight excluding hydrogens is 296 g/mol. The summed E-state index contributed by atoms with van der Waals surface area (Å²) in [6.07, 6.45) is -0.873. The molecule has 6 nitrogen and oxygen atoms in total. The number of hydrogen-bond donors (Lipinski definition) is 1. The molecule has 0 radical (unpaired) electrons. The topological polar surface area (TPSA) is 77.5 Å². The van der Waals surface area contributed by atoms with Gasteiger partial charge < -0.3 is 14.3 Å². The zero-order valence-electron chi connectivity index (χ0n) is 12.3. The van der Waals surface area contributed by atoms with E-state index < -0.39 is 11.9 Å². The summed E-state index contributed by atoms with van der Waals surface area (Å²) in [5.41, 5.74) is 0.707. The molecule has 0 aliphatic heterocycles. The number of para-hydroxylation sites is 1. The first-order chi connectivity index (χ1) is 11.2. The molecular formula is C17H16N2O4. The van der Waals surface area contributed by atoms with Crippen LogP contribution < -0.4 is 10.5 Å². The molecule has 1 heterocycles. The van der Waals surface area contributed by atoms with E-state index in [9.17, 15) is 9.90 Å². The highest BCUT2D eigenvalue weighted by Gasteiger charge is 2.14. The van der Waals surface area contributed by atoms with Gasteiger partial charge in [0.05, 0.1) is 6.54 Å². The Morgan fingerprint density at radius 1 is 1.09 bits per heavy atom. The minimum absolute atomic E-state index is 0.00198. The molecule has 23 heavy (non-hydrogen) atoms. The molecule has 0 unspecified atom stereocenters. The van der Waals surface area contributed by atoms with Gasteiger partial charge in [-0.3, -0.25) is 0 Å². The fourth-order valence-electron chi connectivity index (χ4n) is 2.08. The van der Waals surface area contributed by atoms with E-state index in [0.29, 0.717) is 11.3 Å². The van der Waals surface area contributed by atoms with Crippen molar-refractivity contribution in [3.8, 4) is 17.2 Å². The second kappa shape index (κ2) is 6.93. The minimum Gasteiger partial charge on any atom is -0.491 e. The third-order valence-electron chi connectivity index (χ3n) is 3.20. The molecule has 0 aliphatic rings. The maximum absolute atomic E-state index is 11.8. The van der Waals surface area contributed by atoms with Gasteiger partial charge in [0.25, 0.3) is 0 Å². The van der Waals surface area contributed by atoms with Crippen LogP contribution in [0.25, 0.3) is 11.5 Å². The fourth-order valence-corrected chi connectivity index (χ4v) is 2.08. The smallest absolute Gasteiger partial charge is 0.437 e. The highest BCUT2D eigenvalue weighted by molar-refractivity contribution is 5.51. The second-order valence-corrected chi connectivity index (χ2v) is 5.00. The lowest BCUT2D eigenvalue weighted by molar-refractivity contribution is 0.0875. The molecule has 0 saturated heterocycles. The number of aromatic nitrogens is 2. The average Bonchev–Trinajstić information content (AvgIpc) is 2.95. The first-order valence-corrected chi connectivity index (χ1v) is 7.21. The van der Waals surface area contributed by atoms with Gasteiger partial charge in [-0.15, -0.1) is 5.10 Å². The monoisotopic (exact) mass is 312 g/mol. The van der Waals surface area contributed by atoms with Crippen LogP contribution in [0, 0.1) is 0 Å². The number of benzene rings is 2. The minimum atomic E-state index is -0.873. The van der Waals surface area contributed by atoms with Crippen molar-refractivity contribution in [2.24, 2.45) is 0 Å². The van der Waals surface area contributed by atoms with Gasteiger partial charge in [-0.2, -0.15) is 4.68 Å². The van der Waals surface area contributed by atoms with E-state index in [1.807, 2.05) is 36.4 Å². The molecule has 1 aromatic heterocycles. The highest BCUT2D eigenvalue weighted by Crippen LogP contribution is 2.14. The molecule has 0 bridgehead atoms. The Balaban J connectivity index is 1.64. The zero-order valence-corrected chi connectivity index (χ0v) is 12.3. The van der Waals surface area contributed by atoms with Crippen LogP contribution in [-0.4, -0.2) is 27.6 Å². The Hall–Kier alpha value is -2.86. The third kappa shape index (κ3) is 3.87. The van der Waals surface area contributed by atoms with Crippen LogP contribution in [0.4, 0.5) is 0 Å². The van der Waals surface area contributed by atoms with E-state index in [2.05, 4.69) is 5.10 Å². The van der Waals surface area contributed by atoms with E-state index in [4.69, 9.17) is 9.15 Å². The standard InChI is InChI=1S/C17H16N2O4/c20-14(12-22-15-9-5-2-6-10-15)11-19-17(21)23-16(18-19)13-7-3-1-4-8-13/h1-10,14,20H,11-12H2/t14-/m1/s1. The number of aliphatic hydroxyl groups excluding tert-OH is 1. The van der Waals surface area contributed by atoms with Crippen LogP contribution in [0.3, 0.4) is 0 Å². The van der Waals surface area contributed by atoms with E-state index in [-0.39, 0.29) is 19.0 Å². The summed E-state index contributed by atoms with van der Waals surface area (Å²) in [6.45, 7) is 0.0615. The van der Waals surface area contributed by atoms with Gasteiger partial charge in [-0.1, -0.05) is 36.4 Å². The van der Waals surface area contributed by atoms with Crippen molar-refractivity contribution < 1.29 is 14.3 Å². The van der Waals surface area contributed by atoms with Gasteiger partial charge in [0.1, 0.15) is 18.5 Å². The maximum Gasteiger partial charge on any atom is 0.437 e. The number of rotatable bonds is 6. The van der Waals surface area contributed by atoms with Crippen molar-refractivity contribution in [1.29, 1.82) is 0 Å². The molecule has 1 N–H and O–H groups in total. The Labute approximate surface area is 132 Å². The molecule has 0 saturated carbocycles. The summed E-state index contributed by atoms with van der Waals surface area (Å²) in [6, 6.07) is 18.3. The van der Waals surface area contributed by atoms with Gasteiger partial charge in [0, 0.05) is 5.56 Å². The van der Waals surface area contributed by atoms with Crippen molar-refractivity contribution in [3.05, 3.63) is 71.2 Å². The van der Waals surface area contributed by atoms with Gasteiger partial charge >= 0.3 is 5.76 Å². The molecule has 118 valence electrons. The molecule has 3 aromatic rings. The lowest BCUT2D eigenvalue weighted by Gasteiger charge is -2.11. The van der Waals surface area contributed by atoms with Crippen LogP contribution in [-0.2, 0) is 6.54 Å². The van der Waals surface area contributed by atoms with Crippen LogP contribution in [0.15, 0.2) is 69.9 Å². The van der Waals surface area contributed by atoms with Crippen molar-refractivity contribution in [2.45, 2.75) is 12.6 Å². The van der Waals surface area contributed by atoms with E-state index in [1.165, 1.54) is 0 Å². The van der Waals surface area contributed by atoms with E-state index >= 15 is 0 Å². The van der Waals surface area contributed by atoms with Crippen LogP contribution in [0.1, 0.15) is 0 Å². The van der Waals surface area contributed by atoms with Crippen LogP contribution in [0.2, 0.25) is 0 Å². The zero-order chi connectivity index (χ0) is 16.1. The number of aliphatic hydroxyl groups is 1. The Kier molecular flexibility index (Phi) is 4.54. The van der Waals surface area contributed by atoms with Crippen molar-refractivity contribution in [2.75, 3.05) is 6.61 Å². The summed E-state index contributed by atoms with van der Waals surface area (Å²) in [7, 11) is 0. The summed E-state index contributed by atoms with van der Waals surface area (Å²) >= 11 is 0. The molecule has 0 spiro atoms. The number of hydrogen-bond acceptors (Lipinski definition) is 5. The first-order valence-electron chi connectivity index (χ1n) is 7.21. The lowest BCUT2D eigenvalue weighted by Crippen LogP contribution is -2.29. The Morgan fingerprint density at radius 2 is 1.74 bits per heavy atom. The Morgan fingerprint density at radius 3 is 2.43 bits per heavy atom. The molecule has 0 aliphatic carbocycles. The van der Waals surface area contributed by atoms with Crippen LogP contribution in [0.5, 0.6) is 5.75 Å². The van der Waals surface area contributed by atoms with Gasteiger partial charge in [0.15, 0.2) is 0 Å². The summed E-state index contributed by atoms with van der Waals surface area (Å²) in [4.78, 5) is 11.8. The van der Waals surface area contributed by atoms with E-state index in [0.717, 1.165) is 4.68 Å². The van der Waals surface area contributed by atoms with Crippen molar-refractivity contribution in [1.82, 2.24) is 9.78 Å². The summed E-state index contributed by atoms with van der Waals surface area (Å²) < 4.78 is 11.7. The maximum atomic E-state index is 11.8. The quantitative estimate of drug-likeness (QED) is 0.752. The molecule has 2 aromatic carbocycles. The number of nitrogens with zero attached hydrogens (tertiary/aromatic N) is 2. The molecule has 3 rings (SSSR count). The van der Waals surface area contributed by atoms with Gasteiger partial charge in [-0.25, -0.2) is 4.79 Å². The van der Waals surface area contributed by atoms with Crippen LogP contribution >= 0.6 is 0 Å². The summed E-state index contributed by atoms with van der Waals surface area (Å²) in [5.74, 6) is 0.276. The average molecular weight is 312 g/mol. The second-order valence-electron chi connectivity index (χ2n) is 5.00. The first kappa shape index (κ1) is 15.1. The molecule has 1 atom stereocenters. The predicted octanol–water partition coefficient (Wildman–Crippen LogP) is 1.94. The lowest BCUT2D eigenvalue weighted by atomic mass is 10.2. The predicted molar refractivity (Wildman–Crippen MR) is 84.1 cm³/mol. The number of ether oxygens (including phenoxy) is 1. The molecule has 6 heteroatoms. The van der Waals surface area contributed by atoms with E-state index in [1.54, 1.807) is 24.3 Å². The fraction of sp³-hybridized carbons (Fsp3) is 0.176. The third-order valence-corrected chi connectivity index (χ3v) is 3.20. The normalized spacial score (nSPS) is 12.0. The highest BCUT2D eigenvalue weighted by atomic mass is 16.5. The van der Waals surface area contributed by atoms with Gasteiger partial charge in [-0.05, 0) is 24.3 Å².